The first kappa shape index (κ1) is 31.0. The molecule has 2 amide bonds. The Kier molecular flexibility index (Phi) is 10.5. The number of aromatic nitrogens is 1. The maximum Gasteiger partial charge on any atom is 0.411 e. The number of hydrogen-bond donors (Lipinski definition) is 1. The Labute approximate surface area is 248 Å². The van der Waals surface area contributed by atoms with Gasteiger partial charge < -0.3 is 19.1 Å². The van der Waals surface area contributed by atoms with Crippen molar-refractivity contribution in [2.45, 2.75) is 52.5 Å². The maximum absolute atomic E-state index is 13.6. The summed E-state index contributed by atoms with van der Waals surface area (Å²) >= 11 is 0. The van der Waals surface area contributed by atoms with Gasteiger partial charge in [-0.05, 0) is 62.6 Å². The Bertz CT molecular complexity index is 1330. The number of rotatable bonds is 6. The Morgan fingerprint density at radius 1 is 1.10 bits per heavy atom. The van der Waals surface area contributed by atoms with E-state index in [0.717, 1.165) is 24.3 Å². The minimum Gasteiger partial charge on any atom is -0.491 e. The van der Waals surface area contributed by atoms with Gasteiger partial charge in [0, 0.05) is 57.3 Å². The van der Waals surface area contributed by atoms with Crippen molar-refractivity contribution in [3.05, 3.63) is 78.0 Å². The number of carbonyl (C=O) groups is 2. The molecule has 224 valence electrons. The summed E-state index contributed by atoms with van der Waals surface area (Å²) in [7, 11) is 3.45. The highest BCUT2D eigenvalue weighted by Gasteiger charge is 2.28. The monoisotopic (exact) mass is 574 g/mol. The minimum absolute atomic E-state index is 0.0411. The number of nitrogens with one attached hydrogen (secondary N) is 1. The van der Waals surface area contributed by atoms with Crippen LogP contribution in [0.5, 0.6) is 5.75 Å². The molecule has 2 heterocycles. The molecule has 0 radical (unpaired) electrons. The van der Waals surface area contributed by atoms with Gasteiger partial charge in [0.2, 0.25) is 0 Å². The summed E-state index contributed by atoms with van der Waals surface area (Å²) in [5.74, 6) is 0.389. The van der Waals surface area contributed by atoms with E-state index in [1.807, 2.05) is 18.2 Å². The number of hydrogen-bond acceptors (Lipinski definition) is 7. The number of fused-ring (bicyclic) bond motifs is 1. The fourth-order valence-electron chi connectivity index (χ4n) is 5.06. The van der Waals surface area contributed by atoms with Gasteiger partial charge in [0.05, 0.1) is 23.5 Å². The number of amides is 2. The van der Waals surface area contributed by atoms with E-state index >= 15 is 0 Å². The van der Waals surface area contributed by atoms with E-state index in [0.29, 0.717) is 30.2 Å². The van der Waals surface area contributed by atoms with Gasteiger partial charge in [0.1, 0.15) is 12.4 Å². The van der Waals surface area contributed by atoms with Crippen LogP contribution in [-0.2, 0) is 16.0 Å². The zero-order valence-corrected chi connectivity index (χ0v) is 25.4. The highest BCUT2D eigenvalue weighted by Crippen LogP contribution is 2.27. The first-order valence-electron chi connectivity index (χ1n) is 14.4. The molecule has 9 heteroatoms. The first-order chi connectivity index (χ1) is 20.1. The molecule has 0 saturated carbocycles. The third kappa shape index (κ3) is 8.08. The van der Waals surface area contributed by atoms with Crippen LogP contribution in [0.15, 0.2) is 66.9 Å². The van der Waals surface area contributed by atoms with Crippen molar-refractivity contribution >= 4 is 17.7 Å². The topological polar surface area (TPSA) is 93.2 Å². The Hall–Kier alpha value is -3.95. The largest absolute Gasteiger partial charge is 0.491 e. The van der Waals surface area contributed by atoms with Crippen molar-refractivity contribution in [3.8, 4) is 17.0 Å². The summed E-state index contributed by atoms with van der Waals surface area (Å²) in [4.78, 5) is 34.3. The van der Waals surface area contributed by atoms with E-state index in [9.17, 15) is 9.59 Å². The number of anilines is 1. The first-order valence-corrected chi connectivity index (χ1v) is 14.4. The third-order valence-electron chi connectivity index (χ3n) is 7.46. The second kappa shape index (κ2) is 14.3. The maximum atomic E-state index is 13.6. The van der Waals surface area contributed by atoms with Crippen LogP contribution in [0.2, 0.25) is 0 Å². The number of nitrogens with zero attached hydrogens (tertiary/aromatic N) is 3. The van der Waals surface area contributed by atoms with Crippen molar-refractivity contribution in [2.75, 3.05) is 39.2 Å². The van der Waals surface area contributed by atoms with Gasteiger partial charge in [-0.25, -0.2) is 4.79 Å². The van der Waals surface area contributed by atoms with Crippen LogP contribution in [0.1, 0.15) is 43.6 Å². The van der Waals surface area contributed by atoms with Crippen molar-refractivity contribution in [3.63, 3.8) is 0 Å². The van der Waals surface area contributed by atoms with E-state index in [-0.39, 0.29) is 30.1 Å². The molecule has 2 aromatic carbocycles. The minimum atomic E-state index is -0.578. The lowest BCUT2D eigenvalue weighted by atomic mass is 10.0. The summed E-state index contributed by atoms with van der Waals surface area (Å²) in [5.41, 5.74) is 4.03. The van der Waals surface area contributed by atoms with Gasteiger partial charge in [0.25, 0.3) is 5.91 Å². The van der Waals surface area contributed by atoms with Crippen LogP contribution in [0.25, 0.3) is 11.3 Å². The third-order valence-corrected chi connectivity index (χ3v) is 7.46. The summed E-state index contributed by atoms with van der Waals surface area (Å²) in [6, 6.07) is 19.5. The molecule has 0 spiro atoms. The SMILES string of the molecule is CO[C@H]1CN(C)C(=O)c2cc(NC(=O)OC(C)C)ccc2OC[C@H](C)N(Cc2ccc(-c3ccccn3)cc2)C[C@@H]1C. The normalized spacial score (nSPS) is 20.2. The van der Waals surface area contributed by atoms with Gasteiger partial charge in [-0.3, -0.25) is 20.0 Å². The van der Waals surface area contributed by atoms with E-state index in [4.69, 9.17) is 14.2 Å². The molecule has 0 saturated heterocycles. The predicted octanol–water partition coefficient (Wildman–Crippen LogP) is 5.71. The molecule has 1 N–H and O–H groups in total. The molecule has 0 bridgehead atoms. The second-order valence-corrected chi connectivity index (χ2v) is 11.2. The van der Waals surface area contributed by atoms with E-state index < -0.39 is 6.09 Å². The summed E-state index contributed by atoms with van der Waals surface area (Å²) in [6.45, 7) is 10.1. The predicted molar refractivity (Wildman–Crippen MR) is 164 cm³/mol. The molecule has 4 rings (SSSR count). The highest BCUT2D eigenvalue weighted by molar-refractivity contribution is 5.98. The molecule has 1 aliphatic heterocycles. The summed E-state index contributed by atoms with van der Waals surface area (Å²) in [5, 5.41) is 2.71. The number of likely N-dealkylation sites (N-methyl/N-ethyl adjacent to an activating group) is 1. The van der Waals surface area contributed by atoms with Crippen molar-refractivity contribution in [1.82, 2.24) is 14.8 Å². The van der Waals surface area contributed by atoms with Crippen LogP contribution >= 0.6 is 0 Å². The quantitative estimate of drug-likeness (QED) is 0.403. The van der Waals surface area contributed by atoms with E-state index in [2.05, 4.69) is 53.3 Å². The van der Waals surface area contributed by atoms with E-state index in [1.54, 1.807) is 57.3 Å². The average Bonchev–Trinajstić information content (AvgIpc) is 2.98. The van der Waals surface area contributed by atoms with Gasteiger partial charge in [-0.15, -0.1) is 0 Å². The molecular formula is C33H42N4O5. The average molecular weight is 575 g/mol. The molecule has 1 aromatic heterocycles. The van der Waals surface area contributed by atoms with Gasteiger partial charge >= 0.3 is 6.09 Å². The number of pyridine rings is 1. The lowest BCUT2D eigenvalue weighted by Crippen LogP contribution is -2.46. The van der Waals surface area contributed by atoms with Gasteiger partial charge in [-0.2, -0.15) is 0 Å². The van der Waals surface area contributed by atoms with Crippen molar-refractivity contribution < 1.29 is 23.8 Å². The Morgan fingerprint density at radius 3 is 2.52 bits per heavy atom. The molecule has 3 atom stereocenters. The number of benzene rings is 2. The Balaban J connectivity index is 1.58. The fraction of sp³-hybridized carbons (Fsp3) is 0.424. The fourth-order valence-corrected chi connectivity index (χ4v) is 5.06. The number of carbonyl (C=O) groups excluding carboxylic acids is 2. The molecule has 9 nitrogen and oxygen atoms in total. The van der Waals surface area contributed by atoms with Crippen LogP contribution < -0.4 is 10.1 Å². The Morgan fingerprint density at radius 2 is 1.86 bits per heavy atom. The zero-order valence-electron chi connectivity index (χ0n) is 25.4. The molecule has 0 unspecified atom stereocenters. The summed E-state index contributed by atoms with van der Waals surface area (Å²) < 4.78 is 17.4. The molecular weight excluding hydrogens is 532 g/mol. The van der Waals surface area contributed by atoms with Crippen molar-refractivity contribution in [1.29, 1.82) is 0 Å². The van der Waals surface area contributed by atoms with E-state index in [1.165, 1.54) is 5.56 Å². The van der Waals surface area contributed by atoms with Crippen molar-refractivity contribution in [2.24, 2.45) is 5.92 Å². The number of methoxy groups -OCH3 is 1. The second-order valence-electron chi connectivity index (χ2n) is 11.2. The van der Waals surface area contributed by atoms with Gasteiger partial charge in [0.15, 0.2) is 0 Å². The lowest BCUT2D eigenvalue weighted by Gasteiger charge is -2.36. The standard InChI is InChI=1S/C33H42N4O5/c1-22(2)42-33(39)35-27-14-15-30-28(17-27)32(38)36(5)20-31(40-6)23(3)18-37(24(4)21-41-30)19-25-10-12-26(13-11-25)29-9-7-8-16-34-29/h7-17,22-24,31H,18-21H2,1-6H3,(H,35,39)/t23-,24-,31-/m0/s1. The van der Waals surface area contributed by atoms with Crippen LogP contribution in [0.4, 0.5) is 10.5 Å². The smallest absolute Gasteiger partial charge is 0.411 e. The van der Waals surface area contributed by atoms with Crippen LogP contribution in [-0.4, -0.2) is 78.9 Å². The molecule has 1 aliphatic rings. The lowest BCUT2D eigenvalue weighted by molar-refractivity contribution is 0.00921. The van der Waals surface area contributed by atoms with Gasteiger partial charge in [-0.1, -0.05) is 37.3 Å². The molecule has 0 fully saturated rings. The zero-order chi connectivity index (χ0) is 30.2. The summed E-state index contributed by atoms with van der Waals surface area (Å²) in [6.07, 6.45) is 0.787. The number of ether oxygens (including phenoxy) is 3. The molecule has 42 heavy (non-hydrogen) atoms. The van der Waals surface area contributed by atoms with Crippen LogP contribution in [0.3, 0.4) is 0 Å². The highest BCUT2D eigenvalue weighted by atomic mass is 16.6. The molecule has 3 aromatic rings. The molecule has 0 aliphatic carbocycles. The van der Waals surface area contributed by atoms with Crippen LogP contribution in [0, 0.1) is 5.92 Å².